The summed E-state index contributed by atoms with van der Waals surface area (Å²) in [5.74, 6) is 0.386. The molecule has 0 saturated carbocycles. The molecule has 0 radical (unpaired) electrons. The van der Waals surface area contributed by atoms with Gasteiger partial charge in [0, 0.05) is 18.5 Å². The first kappa shape index (κ1) is 18.7. The molecule has 1 atom stereocenters. The van der Waals surface area contributed by atoms with E-state index >= 15 is 0 Å². The molecule has 0 aliphatic rings. The van der Waals surface area contributed by atoms with Crippen LogP contribution in [-0.4, -0.2) is 33.3 Å². The summed E-state index contributed by atoms with van der Waals surface area (Å²) in [6, 6.07) is 5.21. The molecule has 0 aliphatic heterocycles. The Morgan fingerprint density at radius 2 is 1.92 bits per heavy atom. The number of rotatable bonds is 6. The number of benzene rings is 1. The van der Waals surface area contributed by atoms with Crippen molar-refractivity contribution in [1.82, 2.24) is 20.1 Å². The lowest BCUT2D eigenvalue weighted by atomic mass is 10.2. The molecule has 130 valence electrons. The Bertz CT molecular complexity index is 707. The first-order valence-corrected chi connectivity index (χ1v) is 8.52. The number of nitrogens with two attached hydrogens (primary N) is 1. The fraction of sp³-hybridized carbons (Fsp3) is 0.438. The van der Waals surface area contributed by atoms with Crippen LogP contribution >= 0.6 is 23.2 Å². The summed E-state index contributed by atoms with van der Waals surface area (Å²) in [7, 11) is 0. The van der Waals surface area contributed by atoms with E-state index in [-0.39, 0.29) is 23.7 Å². The highest BCUT2D eigenvalue weighted by atomic mass is 35.5. The average Bonchev–Trinajstić information content (AvgIpc) is 2.91. The van der Waals surface area contributed by atoms with Crippen molar-refractivity contribution in [3.8, 4) is 5.69 Å². The highest BCUT2D eigenvalue weighted by Crippen LogP contribution is 2.30. The molecule has 6 nitrogen and oxygen atoms in total. The number of amides is 1. The van der Waals surface area contributed by atoms with E-state index in [0.717, 1.165) is 0 Å². The summed E-state index contributed by atoms with van der Waals surface area (Å²) >= 11 is 12.5. The molecule has 1 unspecified atom stereocenters. The lowest BCUT2D eigenvalue weighted by Gasteiger charge is -2.11. The van der Waals surface area contributed by atoms with Crippen LogP contribution in [0.2, 0.25) is 10.0 Å². The van der Waals surface area contributed by atoms with E-state index in [2.05, 4.69) is 15.4 Å². The minimum Gasteiger partial charge on any atom is -0.349 e. The van der Waals surface area contributed by atoms with Gasteiger partial charge in [-0.3, -0.25) is 4.79 Å². The van der Waals surface area contributed by atoms with Gasteiger partial charge in [0.15, 0.2) is 0 Å². The zero-order chi connectivity index (χ0) is 17.9. The van der Waals surface area contributed by atoms with E-state index in [1.807, 2.05) is 20.8 Å². The minimum absolute atomic E-state index is 0.0176. The Kier molecular flexibility index (Phi) is 6.21. The number of aromatic nitrogens is 3. The second-order valence-electron chi connectivity index (χ2n) is 5.95. The van der Waals surface area contributed by atoms with Gasteiger partial charge >= 0.3 is 0 Å². The van der Waals surface area contributed by atoms with Gasteiger partial charge in [-0.25, -0.2) is 9.67 Å². The Labute approximate surface area is 151 Å². The molecule has 0 bridgehead atoms. The van der Waals surface area contributed by atoms with Crippen LogP contribution in [0, 0.1) is 0 Å². The maximum Gasteiger partial charge on any atom is 0.290 e. The van der Waals surface area contributed by atoms with Crippen molar-refractivity contribution in [2.75, 3.05) is 6.54 Å². The van der Waals surface area contributed by atoms with Gasteiger partial charge in [-0.1, -0.05) is 43.1 Å². The summed E-state index contributed by atoms with van der Waals surface area (Å²) in [5.41, 5.74) is 6.20. The van der Waals surface area contributed by atoms with Gasteiger partial charge in [0.1, 0.15) is 11.5 Å². The molecule has 0 aliphatic carbocycles. The van der Waals surface area contributed by atoms with E-state index in [4.69, 9.17) is 28.9 Å². The fourth-order valence-electron chi connectivity index (χ4n) is 2.14. The SMILES string of the molecule is CC(N)CCNC(=O)c1nc(C(C)C)n(-c2c(Cl)cccc2Cl)n1. The van der Waals surface area contributed by atoms with E-state index in [9.17, 15) is 4.79 Å². The van der Waals surface area contributed by atoms with Crippen LogP contribution in [0.15, 0.2) is 18.2 Å². The van der Waals surface area contributed by atoms with Crippen molar-refractivity contribution in [1.29, 1.82) is 0 Å². The molecule has 2 rings (SSSR count). The standard InChI is InChI=1S/C16H21Cl2N5O/c1-9(2)15-21-14(16(24)20-8-7-10(3)19)22-23(15)13-11(17)5-4-6-12(13)18/h4-6,9-10H,7-8,19H2,1-3H3,(H,20,24). The molecule has 1 aromatic heterocycles. The molecule has 0 fully saturated rings. The van der Waals surface area contributed by atoms with Gasteiger partial charge in [0.05, 0.1) is 10.0 Å². The lowest BCUT2D eigenvalue weighted by molar-refractivity contribution is 0.0942. The van der Waals surface area contributed by atoms with Gasteiger partial charge in [-0.2, -0.15) is 0 Å². The highest BCUT2D eigenvalue weighted by Gasteiger charge is 2.22. The predicted molar refractivity (Wildman–Crippen MR) is 96.1 cm³/mol. The third-order valence-electron chi connectivity index (χ3n) is 3.39. The van der Waals surface area contributed by atoms with Crippen LogP contribution in [0.5, 0.6) is 0 Å². The normalized spacial score (nSPS) is 12.5. The topological polar surface area (TPSA) is 85.8 Å². The molecule has 3 N–H and O–H groups in total. The smallest absolute Gasteiger partial charge is 0.290 e. The molecule has 0 spiro atoms. The Balaban J connectivity index is 2.36. The van der Waals surface area contributed by atoms with Crippen LogP contribution < -0.4 is 11.1 Å². The molecule has 8 heteroatoms. The summed E-state index contributed by atoms with van der Waals surface area (Å²) in [6.45, 7) is 6.27. The average molecular weight is 370 g/mol. The van der Waals surface area contributed by atoms with Gasteiger partial charge < -0.3 is 11.1 Å². The molecular weight excluding hydrogens is 349 g/mol. The number of carbonyl (C=O) groups is 1. The number of hydrogen-bond donors (Lipinski definition) is 2. The minimum atomic E-state index is -0.348. The maximum absolute atomic E-state index is 12.3. The van der Waals surface area contributed by atoms with Gasteiger partial charge in [0.25, 0.3) is 5.91 Å². The molecular formula is C16H21Cl2N5O. The number of carbonyl (C=O) groups excluding carboxylic acids is 1. The van der Waals surface area contributed by atoms with Gasteiger partial charge in [0.2, 0.25) is 5.82 Å². The van der Waals surface area contributed by atoms with Crippen LogP contribution in [0.1, 0.15) is 49.6 Å². The second kappa shape index (κ2) is 7.96. The first-order chi connectivity index (χ1) is 11.3. The van der Waals surface area contributed by atoms with E-state index in [1.165, 1.54) is 4.68 Å². The molecule has 0 saturated heterocycles. The van der Waals surface area contributed by atoms with Crippen molar-refractivity contribution in [2.45, 2.75) is 39.2 Å². The number of nitrogens with one attached hydrogen (secondary N) is 1. The quantitative estimate of drug-likeness (QED) is 0.818. The van der Waals surface area contributed by atoms with E-state index in [1.54, 1.807) is 18.2 Å². The van der Waals surface area contributed by atoms with Crippen molar-refractivity contribution in [2.24, 2.45) is 5.73 Å². The highest BCUT2D eigenvalue weighted by molar-refractivity contribution is 6.37. The third-order valence-corrected chi connectivity index (χ3v) is 4.00. The molecule has 24 heavy (non-hydrogen) atoms. The van der Waals surface area contributed by atoms with Crippen LogP contribution in [0.25, 0.3) is 5.69 Å². The van der Waals surface area contributed by atoms with Gasteiger partial charge in [-0.05, 0) is 25.5 Å². The first-order valence-electron chi connectivity index (χ1n) is 7.76. The fourth-order valence-corrected chi connectivity index (χ4v) is 2.70. The van der Waals surface area contributed by atoms with Crippen molar-refractivity contribution in [3.05, 3.63) is 39.9 Å². The Morgan fingerprint density at radius 1 is 1.29 bits per heavy atom. The number of halogens is 2. The van der Waals surface area contributed by atoms with Crippen molar-refractivity contribution < 1.29 is 4.79 Å². The molecule has 1 amide bonds. The number of para-hydroxylation sites is 1. The number of hydrogen-bond acceptors (Lipinski definition) is 4. The zero-order valence-electron chi connectivity index (χ0n) is 13.9. The molecule has 1 aromatic carbocycles. The van der Waals surface area contributed by atoms with Crippen LogP contribution in [0.4, 0.5) is 0 Å². The van der Waals surface area contributed by atoms with Crippen LogP contribution in [-0.2, 0) is 0 Å². The second-order valence-corrected chi connectivity index (χ2v) is 6.77. The Hall–Kier alpha value is -1.63. The Morgan fingerprint density at radius 3 is 2.46 bits per heavy atom. The lowest BCUT2D eigenvalue weighted by Crippen LogP contribution is -2.29. The maximum atomic E-state index is 12.3. The van der Waals surface area contributed by atoms with Crippen LogP contribution in [0.3, 0.4) is 0 Å². The zero-order valence-corrected chi connectivity index (χ0v) is 15.4. The summed E-state index contributed by atoms with van der Waals surface area (Å²) in [4.78, 5) is 16.6. The third kappa shape index (κ3) is 4.26. The molecule has 2 aromatic rings. The number of nitrogens with zero attached hydrogens (tertiary/aromatic N) is 3. The summed E-state index contributed by atoms with van der Waals surface area (Å²) < 4.78 is 1.54. The molecule has 1 heterocycles. The van der Waals surface area contributed by atoms with Crippen molar-refractivity contribution in [3.63, 3.8) is 0 Å². The van der Waals surface area contributed by atoms with Gasteiger partial charge in [-0.15, -0.1) is 5.10 Å². The van der Waals surface area contributed by atoms with E-state index in [0.29, 0.717) is 34.5 Å². The van der Waals surface area contributed by atoms with E-state index < -0.39 is 0 Å². The summed E-state index contributed by atoms with van der Waals surface area (Å²) in [5, 5.41) is 7.97. The monoisotopic (exact) mass is 369 g/mol. The largest absolute Gasteiger partial charge is 0.349 e. The van der Waals surface area contributed by atoms with Crippen molar-refractivity contribution >= 4 is 29.1 Å². The predicted octanol–water partition coefficient (Wildman–Crippen LogP) is 3.16. The summed E-state index contributed by atoms with van der Waals surface area (Å²) in [6.07, 6.45) is 0.680.